The molecule has 7 nitrogen and oxygen atoms in total. The van der Waals surface area contributed by atoms with E-state index in [2.05, 4.69) is 10.6 Å². The highest BCUT2D eigenvalue weighted by molar-refractivity contribution is 8.00. The molecular weight excluding hydrogens is 416 g/mol. The zero-order valence-corrected chi connectivity index (χ0v) is 18.2. The zero-order valence-electron chi connectivity index (χ0n) is 17.4. The van der Waals surface area contributed by atoms with Gasteiger partial charge in [-0.1, -0.05) is 29.8 Å². The topological polar surface area (TPSA) is 93.7 Å². The Kier molecular flexibility index (Phi) is 8.49. The highest BCUT2D eigenvalue weighted by atomic mass is 32.2. The molecule has 1 unspecified atom stereocenters. The van der Waals surface area contributed by atoms with Crippen LogP contribution in [-0.2, 0) is 19.1 Å². The lowest BCUT2D eigenvalue weighted by atomic mass is 10.2. The van der Waals surface area contributed by atoms with Gasteiger partial charge in [0.1, 0.15) is 0 Å². The summed E-state index contributed by atoms with van der Waals surface area (Å²) < 4.78 is 10.6. The van der Waals surface area contributed by atoms with Crippen molar-refractivity contribution >= 4 is 35.2 Å². The predicted octanol–water partition coefficient (Wildman–Crippen LogP) is 3.18. The summed E-state index contributed by atoms with van der Waals surface area (Å²) in [6.07, 6.45) is 1.94. The molecular formula is C23H26N2O5S. The third-order valence-corrected chi connectivity index (χ3v) is 5.76. The lowest BCUT2D eigenvalue weighted by Gasteiger charge is -2.12. The van der Waals surface area contributed by atoms with E-state index >= 15 is 0 Å². The number of hydrogen-bond acceptors (Lipinski definition) is 6. The van der Waals surface area contributed by atoms with Crippen LogP contribution in [0.15, 0.2) is 53.4 Å². The lowest BCUT2D eigenvalue weighted by molar-refractivity contribution is -0.124. The summed E-state index contributed by atoms with van der Waals surface area (Å²) in [4.78, 5) is 37.2. The molecule has 31 heavy (non-hydrogen) atoms. The van der Waals surface area contributed by atoms with Gasteiger partial charge in [-0.05, 0) is 44.0 Å². The maximum Gasteiger partial charge on any atom is 0.339 e. The van der Waals surface area contributed by atoms with Crippen molar-refractivity contribution in [3.05, 3.63) is 59.7 Å². The second-order valence-corrected chi connectivity index (χ2v) is 8.23. The Morgan fingerprint density at radius 1 is 1.10 bits per heavy atom. The molecule has 1 aliphatic heterocycles. The molecule has 0 aromatic heterocycles. The average Bonchev–Trinajstić information content (AvgIpc) is 3.30. The van der Waals surface area contributed by atoms with Crippen molar-refractivity contribution in [1.29, 1.82) is 0 Å². The van der Waals surface area contributed by atoms with Crippen molar-refractivity contribution in [3.63, 3.8) is 0 Å². The van der Waals surface area contributed by atoms with Gasteiger partial charge in [0.05, 0.1) is 17.4 Å². The van der Waals surface area contributed by atoms with Crippen molar-refractivity contribution in [2.24, 2.45) is 0 Å². The van der Waals surface area contributed by atoms with Crippen LogP contribution in [0.4, 0.5) is 5.69 Å². The fourth-order valence-electron chi connectivity index (χ4n) is 3.03. The molecule has 0 saturated carbocycles. The number of ether oxygens (including phenoxy) is 2. The van der Waals surface area contributed by atoms with Gasteiger partial charge in [0.15, 0.2) is 6.61 Å². The molecule has 2 aromatic carbocycles. The van der Waals surface area contributed by atoms with Gasteiger partial charge in [-0.3, -0.25) is 9.59 Å². The average molecular weight is 443 g/mol. The Hall–Kier alpha value is -2.84. The van der Waals surface area contributed by atoms with E-state index in [1.54, 1.807) is 24.3 Å². The summed E-state index contributed by atoms with van der Waals surface area (Å²) in [7, 11) is 0. The van der Waals surface area contributed by atoms with E-state index in [9.17, 15) is 14.4 Å². The molecule has 2 aromatic rings. The number of carbonyl (C=O) groups excluding carboxylic acids is 3. The summed E-state index contributed by atoms with van der Waals surface area (Å²) >= 11 is 1.24. The Labute approximate surface area is 185 Å². The van der Waals surface area contributed by atoms with E-state index in [4.69, 9.17) is 9.47 Å². The van der Waals surface area contributed by atoms with Crippen LogP contribution in [0.5, 0.6) is 0 Å². The van der Waals surface area contributed by atoms with Crippen LogP contribution in [0, 0.1) is 6.92 Å². The van der Waals surface area contributed by atoms with E-state index in [-0.39, 0.29) is 30.3 Å². The first kappa shape index (κ1) is 22.8. The lowest BCUT2D eigenvalue weighted by Crippen LogP contribution is -2.34. The number of esters is 1. The van der Waals surface area contributed by atoms with Crippen LogP contribution in [0.1, 0.15) is 28.8 Å². The minimum atomic E-state index is -0.602. The molecule has 0 aliphatic carbocycles. The Morgan fingerprint density at radius 3 is 2.61 bits per heavy atom. The second-order valence-electron chi connectivity index (χ2n) is 7.21. The van der Waals surface area contributed by atoms with Gasteiger partial charge in [-0.15, -0.1) is 11.8 Å². The Balaban J connectivity index is 1.47. The van der Waals surface area contributed by atoms with Gasteiger partial charge >= 0.3 is 5.97 Å². The minimum absolute atomic E-state index is 0.0304. The first-order valence-corrected chi connectivity index (χ1v) is 11.1. The van der Waals surface area contributed by atoms with Crippen LogP contribution >= 0.6 is 11.8 Å². The summed E-state index contributed by atoms with van der Waals surface area (Å²) in [5.74, 6) is -1.01. The molecule has 1 aliphatic rings. The second kappa shape index (κ2) is 11.5. The SMILES string of the molecule is Cc1ccc(NC(=O)CSc2ccccc2C(=O)OCC(=O)NCC2CCCO2)cc1. The van der Waals surface area contributed by atoms with Gasteiger partial charge in [0.2, 0.25) is 5.91 Å². The number of hydrogen-bond donors (Lipinski definition) is 2. The Morgan fingerprint density at radius 2 is 1.87 bits per heavy atom. The molecule has 3 rings (SSSR count). The normalized spacial score (nSPS) is 15.3. The fourth-order valence-corrected chi connectivity index (χ4v) is 3.87. The first-order valence-electron chi connectivity index (χ1n) is 10.1. The minimum Gasteiger partial charge on any atom is -0.452 e. The Bertz CT molecular complexity index is 910. The summed E-state index contributed by atoms with van der Waals surface area (Å²) in [6, 6.07) is 14.4. The van der Waals surface area contributed by atoms with E-state index in [0.717, 1.165) is 24.1 Å². The van der Waals surface area contributed by atoms with Gasteiger partial charge < -0.3 is 20.1 Å². The molecule has 1 fully saturated rings. The summed E-state index contributed by atoms with van der Waals surface area (Å²) in [5.41, 5.74) is 2.15. The van der Waals surface area contributed by atoms with Crippen molar-refractivity contribution in [3.8, 4) is 0 Å². The molecule has 2 N–H and O–H groups in total. The van der Waals surface area contributed by atoms with E-state index < -0.39 is 5.97 Å². The molecule has 1 atom stereocenters. The fraction of sp³-hybridized carbons (Fsp3) is 0.348. The summed E-state index contributed by atoms with van der Waals surface area (Å²) in [6.45, 7) is 2.75. The van der Waals surface area contributed by atoms with Crippen molar-refractivity contribution < 1.29 is 23.9 Å². The van der Waals surface area contributed by atoms with Crippen molar-refractivity contribution in [2.75, 3.05) is 30.8 Å². The van der Waals surface area contributed by atoms with Gasteiger partial charge in [-0.25, -0.2) is 4.79 Å². The van der Waals surface area contributed by atoms with Gasteiger partial charge in [0.25, 0.3) is 5.91 Å². The standard InChI is InChI=1S/C23H26N2O5S/c1-16-8-10-17(11-9-16)25-22(27)15-31-20-7-3-2-6-19(20)23(28)30-14-21(26)24-13-18-5-4-12-29-18/h2-3,6-11,18H,4-5,12-15H2,1H3,(H,24,26)(H,25,27). The quantitative estimate of drug-likeness (QED) is 0.458. The third-order valence-electron chi connectivity index (χ3n) is 4.69. The van der Waals surface area contributed by atoms with E-state index in [1.807, 2.05) is 31.2 Å². The molecule has 8 heteroatoms. The first-order chi connectivity index (χ1) is 15.0. The number of benzene rings is 2. The molecule has 0 bridgehead atoms. The molecule has 2 amide bonds. The number of carbonyl (C=O) groups is 3. The van der Waals surface area contributed by atoms with E-state index in [0.29, 0.717) is 23.6 Å². The molecule has 164 valence electrons. The largest absolute Gasteiger partial charge is 0.452 e. The predicted molar refractivity (Wildman–Crippen MR) is 119 cm³/mol. The van der Waals surface area contributed by atoms with Gasteiger partial charge in [-0.2, -0.15) is 0 Å². The number of aryl methyl sites for hydroxylation is 1. The van der Waals surface area contributed by atoms with Crippen LogP contribution in [-0.4, -0.2) is 49.4 Å². The maximum atomic E-state index is 12.5. The number of amides is 2. The van der Waals surface area contributed by atoms with Crippen LogP contribution < -0.4 is 10.6 Å². The highest BCUT2D eigenvalue weighted by Gasteiger charge is 2.18. The van der Waals surface area contributed by atoms with Crippen LogP contribution in [0.2, 0.25) is 0 Å². The van der Waals surface area contributed by atoms with Crippen molar-refractivity contribution in [2.45, 2.75) is 30.8 Å². The maximum absolute atomic E-state index is 12.5. The zero-order chi connectivity index (χ0) is 22.1. The number of thioether (sulfide) groups is 1. The molecule has 0 spiro atoms. The monoisotopic (exact) mass is 442 g/mol. The number of rotatable bonds is 9. The van der Waals surface area contributed by atoms with Gasteiger partial charge in [0, 0.05) is 23.7 Å². The number of anilines is 1. The van der Waals surface area contributed by atoms with Crippen molar-refractivity contribution in [1.82, 2.24) is 5.32 Å². The third kappa shape index (κ3) is 7.41. The highest BCUT2D eigenvalue weighted by Crippen LogP contribution is 2.23. The molecule has 1 heterocycles. The smallest absolute Gasteiger partial charge is 0.339 e. The van der Waals surface area contributed by atoms with Crippen LogP contribution in [0.3, 0.4) is 0 Å². The summed E-state index contributed by atoms with van der Waals surface area (Å²) in [5, 5.41) is 5.54. The number of nitrogens with one attached hydrogen (secondary N) is 2. The molecule has 0 radical (unpaired) electrons. The van der Waals surface area contributed by atoms with Crippen LogP contribution in [0.25, 0.3) is 0 Å². The van der Waals surface area contributed by atoms with E-state index in [1.165, 1.54) is 11.8 Å². The molecule has 1 saturated heterocycles.